The summed E-state index contributed by atoms with van der Waals surface area (Å²) in [6, 6.07) is 0. The van der Waals surface area contributed by atoms with Gasteiger partial charge in [-0.25, -0.2) is 0 Å². The molecule has 69 valence electrons. The second-order valence-electron chi connectivity index (χ2n) is 3.47. The van der Waals surface area contributed by atoms with E-state index in [0.29, 0.717) is 6.54 Å². The van der Waals surface area contributed by atoms with Gasteiger partial charge in [-0.15, -0.1) is 0 Å². The summed E-state index contributed by atoms with van der Waals surface area (Å²) in [5.41, 5.74) is 0. The van der Waals surface area contributed by atoms with Crippen LogP contribution in [0.3, 0.4) is 0 Å². The molecule has 0 aromatic rings. The van der Waals surface area contributed by atoms with E-state index in [1.165, 1.54) is 0 Å². The van der Waals surface area contributed by atoms with Crippen molar-refractivity contribution in [3.8, 4) is 0 Å². The largest absolute Gasteiger partial charge is 0.305 e. The molecule has 0 atom stereocenters. The minimum atomic E-state index is 0.0274. The predicted molar refractivity (Wildman–Crippen MR) is 48.9 cm³/mol. The molecule has 0 aromatic heterocycles. The van der Waals surface area contributed by atoms with Crippen molar-refractivity contribution in [3.05, 3.63) is 6.92 Å². The lowest BCUT2D eigenvalue weighted by atomic mass is 10.3. The normalized spacial score (nSPS) is 22.2. The average molecular weight is 169 g/mol. The number of likely N-dealkylation sites (N-methyl/N-ethyl adjacent to an activating group) is 1. The number of carbonyl (C=O) groups excluding carboxylic acids is 1. The maximum absolute atomic E-state index is 10.7. The van der Waals surface area contributed by atoms with Crippen LogP contribution in [0.25, 0.3) is 0 Å². The second-order valence-corrected chi connectivity index (χ2v) is 3.47. The summed E-state index contributed by atoms with van der Waals surface area (Å²) in [4.78, 5) is 15.2. The molecule has 0 bridgehead atoms. The lowest BCUT2D eigenvalue weighted by Gasteiger charge is -2.17. The molecule has 1 saturated heterocycles. The molecule has 1 aliphatic rings. The van der Waals surface area contributed by atoms with E-state index in [1.807, 2.05) is 0 Å². The molecule has 1 heterocycles. The van der Waals surface area contributed by atoms with Gasteiger partial charge in [0.15, 0.2) is 0 Å². The topological polar surface area (TPSA) is 23.6 Å². The molecule has 12 heavy (non-hydrogen) atoms. The van der Waals surface area contributed by atoms with Crippen LogP contribution in [0.15, 0.2) is 0 Å². The summed E-state index contributed by atoms with van der Waals surface area (Å²) in [5.74, 6) is 0.0274. The Balaban J connectivity index is 2.30. The van der Waals surface area contributed by atoms with Crippen LogP contribution < -0.4 is 0 Å². The van der Waals surface area contributed by atoms with Gasteiger partial charge >= 0.3 is 0 Å². The molecule has 0 saturated carbocycles. The first-order valence-electron chi connectivity index (χ1n) is 4.44. The monoisotopic (exact) mass is 169 g/mol. The smallest absolute Gasteiger partial charge is 0.147 e. The van der Waals surface area contributed by atoms with Crippen molar-refractivity contribution >= 4 is 5.78 Å². The van der Waals surface area contributed by atoms with Gasteiger partial charge in [0.2, 0.25) is 0 Å². The summed E-state index contributed by atoms with van der Waals surface area (Å²) in [5, 5.41) is 0. The average Bonchev–Trinajstić information content (AvgIpc) is 2.15. The van der Waals surface area contributed by atoms with Crippen molar-refractivity contribution in [2.75, 3.05) is 39.8 Å². The number of hydrogen-bond acceptors (Lipinski definition) is 3. The first-order chi connectivity index (χ1) is 5.68. The number of Topliss-reactive ketones (excluding diaryl/α,β-unsaturated/α-hetero) is 1. The Hall–Kier alpha value is -0.410. The van der Waals surface area contributed by atoms with E-state index in [4.69, 9.17) is 0 Å². The van der Waals surface area contributed by atoms with Crippen LogP contribution in [0, 0.1) is 6.92 Å². The Kier molecular flexibility index (Phi) is 3.69. The maximum Gasteiger partial charge on any atom is 0.147 e. The zero-order chi connectivity index (χ0) is 8.97. The minimum absolute atomic E-state index is 0.0274. The SMILES string of the molecule is [CH2]C(=O)CN1CCCN(C)CC1. The fraction of sp³-hybridized carbons (Fsp3) is 0.778. The van der Waals surface area contributed by atoms with Gasteiger partial charge < -0.3 is 4.90 Å². The highest BCUT2D eigenvalue weighted by Gasteiger charge is 2.12. The van der Waals surface area contributed by atoms with E-state index in [0.717, 1.165) is 32.6 Å². The van der Waals surface area contributed by atoms with Crippen LogP contribution in [0.4, 0.5) is 0 Å². The fourth-order valence-electron chi connectivity index (χ4n) is 1.51. The molecule has 0 N–H and O–H groups in total. The van der Waals surface area contributed by atoms with Crippen molar-refractivity contribution < 1.29 is 4.79 Å². The first-order valence-corrected chi connectivity index (χ1v) is 4.44. The lowest BCUT2D eigenvalue weighted by molar-refractivity contribution is -0.115. The quantitative estimate of drug-likeness (QED) is 0.582. The van der Waals surface area contributed by atoms with Gasteiger partial charge in [-0.3, -0.25) is 9.69 Å². The summed E-state index contributed by atoms with van der Waals surface area (Å²) < 4.78 is 0. The van der Waals surface area contributed by atoms with Gasteiger partial charge in [-0.2, -0.15) is 0 Å². The molecule has 1 aliphatic heterocycles. The Labute approximate surface area is 74.3 Å². The van der Waals surface area contributed by atoms with Crippen molar-refractivity contribution in [2.24, 2.45) is 0 Å². The van der Waals surface area contributed by atoms with Crippen molar-refractivity contribution in [1.82, 2.24) is 9.80 Å². The predicted octanol–water partition coefficient (Wildman–Crippen LogP) is 0.0271. The van der Waals surface area contributed by atoms with Gasteiger partial charge in [0.1, 0.15) is 5.78 Å². The summed E-state index contributed by atoms with van der Waals surface area (Å²) >= 11 is 0. The van der Waals surface area contributed by atoms with E-state index in [9.17, 15) is 4.79 Å². The van der Waals surface area contributed by atoms with Crippen LogP contribution >= 0.6 is 0 Å². The highest BCUT2D eigenvalue weighted by atomic mass is 16.1. The summed E-state index contributed by atoms with van der Waals surface area (Å²) in [6.45, 7) is 8.14. The molecule has 3 nitrogen and oxygen atoms in total. The molecule has 0 aromatic carbocycles. The van der Waals surface area contributed by atoms with Crippen molar-refractivity contribution in [3.63, 3.8) is 0 Å². The summed E-state index contributed by atoms with van der Waals surface area (Å²) in [7, 11) is 2.12. The van der Waals surface area contributed by atoms with Crippen LogP contribution in [0.5, 0.6) is 0 Å². The van der Waals surface area contributed by atoms with Gasteiger partial charge in [0.05, 0.1) is 6.54 Å². The third-order valence-corrected chi connectivity index (χ3v) is 2.21. The molecule has 0 spiro atoms. The Morgan fingerprint density at radius 1 is 1.33 bits per heavy atom. The van der Waals surface area contributed by atoms with Crippen LogP contribution in [-0.4, -0.2) is 55.4 Å². The van der Waals surface area contributed by atoms with E-state index in [1.54, 1.807) is 0 Å². The van der Waals surface area contributed by atoms with E-state index < -0.39 is 0 Å². The number of rotatable bonds is 2. The Morgan fingerprint density at radius 3 is 2.75 bits per heavy atom. The third kappa shape index (κ3) is 3.32. The molecule has 0 amide bonds. The molecule has 3 heteroatoms. The van der Waals surface area contributed by atoms with Crippen molar-refractivity contribution in [2.45, 2.75) is 6.42 Å². The van der Waals surface area contributed by atoms with Gasteiger partial charge in [0, 0.05) is 20.0 Å². The fourth-order valence-corrected chi connectivity index (χ4v) is 1.51. The molecule has 0 aliphatic carbocycles. The van der Waals surface area contributed by atoms with Gasteiger partial charge in [-0.1, -0.05) is 0 Å². The first kappa shape index (κ1) is 9.68. The second kappa shape index (κ2) is 4.58. The highest BCUT2D eigenvalue weighted by molar-refractivity contribution is 5.84. The molecule has 1 rings (SSSR count). The number of carbonyl (C=O) groups is 1. The number of nitrogens with zero attached hydrogens (tertiary/aromatic N) is 2. The minimum Gasteiger partial charge on any atom is -0.305 e. The molecule has 0 unspecified atom stereocenters. The molecular weight excluding hydrogens is 152 g/mol. The third-order valence-electron chi connectivity index (χ3n) is 2.21. The molecule has 1 radical (unpaired) electrons. The molecular formula is C9H17N2O. The van der Waals surface area contributed by atoms with Crippen LogP contribution in [-0.2, 0) is 4.79 Å². The Morgan fingerprint density at radius 2 is 2.08 bits per heavy atom. The lowest BCUT2D eigenvalue weighted by Crippen LogP contribution is -2.32. The maximum atomic E-state index is 10.7. The van der Waals surface area contributed by atoms with Crippen LogP contribution in [0.1, 0.15) is 6.42 Å². The molecule has 1 fully saturated rings. The standard InChI is InChI=1S/C9H17N2O/c1-9(12)8-11-5-3-4-10(2)6-7-11/h1,3-8H2,2H3. The van der Waals surface area contributed by atoms with E-state index >= 15 is 0 Å². The zero-order valence-electron chi connectivity index (χ0n) is 7.75. The summed E-state index contributed by atoms with van der Waals surface area (Å²) in [6.07, 6.45) is 1.16. The zero-order valence-corrected chi connectivity index (χ0v) is 7.75. The van der Waals surface area contributed by atoms with Gasteiger partial charge in [0.25, 0.3) is 0 Å². The van der Waals surface area contributed by atoms with Crippen molar-refractivity contribution in [1.29, 1.82) is 0 Å². The number of ketones is 1. The highest BCUT2D eigenvalue weighted by Crippen LogP contribution is 2.00. The van der Waals surface area contributed by atoms with Crippen LogP contribution in [0.2, 0.25) is 0 Å². The Bertz CT molecular complexity index is 159. The van der Waals surface area contributed by atoms with E-state index in [2.05, 4.69) is 23.8 Å². The number of hydrogen-bond donors (Lipinski definition) is 0. The van der Waals surface area contributed by atoms with E-state index in [-0.39, 0.29) is 5.78 Å². The van der Waals surface area contributed by atoms with Gasteiger partial charge in [-0.05, 0) is 26.6 Å².